The summed E-state index contributed by atoms with van der Waals surface area (Å²) >= 11 is 0. The zero-order valence-corrected chi connectivity index (χ0v) is 10.3. The molecule has 1 aliphatic carbocycles. The first kappa shape index (κ1) is 11.5. The van der Waals surface area contributed by atoms with Gasteiger partial charge in [0.15, 0.2) is 0 Å². The van der Waals surface area contributed by atoms with Gasteiger partial charge in [-0.2, -0.15) is 0 Å². The summed E-state index contributed by atoms with van der Waals surface area (Å²) in [4.78, 5) is 2.13. The van der Waals surface area contributed by atoms with E-state index in [0.29, 0.717) is 12.0 Å². The van der Waals surface area contributed by atoms with Gasteiger partial charge < -0.3 is 10.6 Å². The third-order valence-corrected chi connectivity index (χ3v) is 3.66. The number of nitrogens with zero attached hydrogens (tertiary/aromatic N) is 1. The molecule has 0 radical (unpaired) electrons. The molecule has 0 saturated heterocycles. The first-order valence-corrected chi connectivity index (χ1v) is 6.21. The van der Waals surface area contributed by atoms with E-state index in [-0.39, 0.29) is 0 Å². The monoisotopic (exact) mass is 218 g/mol. The average molecular weight is 218 g/mol. The Hall–Kier alpha value is -1.02. The molecule has 16 heavy (non-hydrogen) atoms. The van der Waals surface area contributed by atoms with Crippen LogP contribution in [0.1, 0.15) is 37.2 Å². The van der Waals surface area contributed by atoms with Crippen molar-refractivity contribution >= 4 is 5.69 Å². The molecular weight excluding hydrogens is 196 g/mol. The molecule has 1 saturated carbocycles. The molecule has 1 aromatic carbocycles. The standard InChI is InChI=1S/C14H22N2/c1-16(2)12-9-7-11(8-10-12)13-5-3-4-6-14(13)15/h7-10,13-14H,3-6,15H2,1-2H3. The van der Waals surface area contributed by atoms with Crippen LogP contribution in [0.3, 0.4) is 0 Å². The van der Waals surface area contributed by atoms with Crippen LogP contribution >= 0.6 is 0 Å². The predicted octanol–water partition coefficient (Wildman–Crippen LogP) is 2.74. The van der Waals surface area contributed by atoms with Gasteiger partial charge in [0.1, 0.15) is 0 Å². The average Bonchev–Trinajstić information content (AvgIpc) is 2.30. The zero-order valence-electron chi connectivity index (χ0n) is 10.3. The van der Waals surface area contributed by atoms with Crippen molar-refractivity contribution in [3.8, 4) is 0 Å². The molecule has 88 valence electrons. The van der Waals surface area contributed by atoms with Crippen LogP contribution in [-0.4, -0.2) is 20.1 Å². The number of hydrogen-bond acceptors (Lipinski definition) is 2. The van der Waals surface area contributed by atoms with E-state index in [4.69, 9.17) is 5.73 Å². The summed E-state index contributed by atoms with van der Waals surface area (Å²) in [5.41, 5.74) is 8.87. The molecule has 0 spiro atoms. The van der Waals surface area contributed by atoms with Gasteiger partial charge in [-0.1, -0.05) is 25.0 Å². The lowest BCUT2D eigenvalue weighted by Crippen LogP contribution is -2.31. The highest BCUT2D eigenvalue weighted by molar-refractivity contribution is 5.46. The van der Waals surface area contributed by atoms with Crippen molar-refractivity contribution in [2.24, 2.45) is 5.73 Å². The summed E-state index contributed by atoms with van der Waals surface area (Å²) in [6.45, 7) is 0. The normalized spacial score (nSPS) is 25.4. The Morgan fingerprint density at radius 3 is 2.25 bits per heavy atom. The minimum Gasteiger partial charge on any atom is -0.378 e. The predicted molar refractivity (Wildman–Crippen MR) is 70.0 cm³/mol. The van der Waals surface area contributed by atoms with Gasteiger partial charge >= 0.3 is 0 Å². The molecule has 0 aromatic heterocycles. The Morgan fingerprint density at radius 2 is 1.69 bits per heavy atom. The summed E-state index contributed by atoms with van der Waals surface area (Å²) in [6.07, 6.45) is 5.06. The number of hydrogen-bond donors (Lipinski definition) is 1. The van der Waals surface area contributed by atoms with Gasteiger partial charge in [0.05, 0.1) is 0 Å². The van der Waals surface area contributed by atoms with E-state index in [2.05, 4.69) is 43.3 Å². The van der Waals surface area contributed by atoms with Crippen molar-refractivity contribution in [3.05, 3.63) is 29.8 Å². The van der Waals surface area contributed by atoms with Crippen LogP contribution in [0.2, 0.25) is 0 Å². The first-order chi connectivity index (χ1) is 7.68. The highest BCUT2D eigenvalue weighted by atomic mass is 15.1. The second-order valence-electron chi connectivity index (χ2n) is 5.04. The largest absolute Gasteiger partial charge is 0.378 e. The number of rotatable bonds is 2. The molecule has 2 heteroatoms. The third kappa shape index (κ3) is 2.38. The fraction of sp³-hybridized carbons (Fsp3) is 0.571. The molecule has 1 aliphatic rings. The lowest BCUT2D eigenvalue weighted by atomic mass is 9.80. The Bertz CT molecular complexity index is 329. The molecule has 2 nitrogen and oxygen atoms in total. The number of nitrogens with two attached hydrogens (primary N) is 1. The molecule has 1 aromatic rings. The molecule has 2 rings (SSSR count). The number of anilines is 1. The van der Waals surface area contributed by atoms with Gasteiger partial charge in [-0.25, -0.2) is 0 Å². The Labute approximate surface area is 98.4 Å². The highest BCUT2D eigenvalue weighted by Gasteiger charge is 2.22. The molecule has 0 aliphatic heterocycles. The topological polar surface area (TPSA) is 29.3 Å². The molecule has 0 amide bonds. The first-order valence-electron chi connectivity index (χ1n) is 6.21. The van der Waals surface area contributed by atoms with E-state index >= 15 is 0 Å². The van der Waals surface area contributed by atoms with Gasteiger partial charge in [-0.15, -0.1) is 0 Å². The van der Waals surface area contributed by atoms with Gasteiger partial charge in [0, 0.05) is 25.8 Å². The summed E-state index contributed by atoms with van der Waals surface area (Å²) in [5, 5.41) is 0. The quantitative estimate of drug-likeness (QED) is 0.827. The fourth-order valence-corrected chi connectivity index (χ4v) is 2.59. The maximum Gasteiger partial charge on any atom is 0.0361 e. The molecule has 0 bridgehead atoms. The van der Waals surface area contributed by atoms with Crippen LogP contribution in [0.15, 0.2) is 24.3 Å². The maximum absolute atomic E-state index is 6.20. The van der Waals surface area contributed by atoms with Crippen LogP contribution in [0.5, 0.6) is 0 Å². The molecule has 2 unspecified atom stereocenters. The Morgan fingerprint density at radius 1 is 1.06 bits per heavy atom. The molecule has 2 N–H and O–H groups in total. The summed E-state index contributed by atoms with van der Waals surface area (Å²) in [7, 11) is 4.14. The second-order valence-corrected chi connectivity index (χ2v) is 5.04. The lowest BCUT2D eigenvalue weighted by molar-refractivity contribution is 0.385. The van der Waals surface area contributed by atoms with Crippen LogP contribution in [0.25, 0.3) is 0 Å². The van der Waals surface area contributed by atoms with Crippen molar-refractivity contribution in [1.82, 2.24) is 0 Å². The minimum atomic E-state index is 0.360. The van der Waals surface area contributed by atoms with Gasteiger partial charge in [0.25, 0.3) is 0 Å². The molecule has 0 heterocycles. The minimum absolute atomic E-state index is 0.360. The SMILES string of the molecule is CN(C)c1ccc(C2CCCCC2N)cc1. The van der Waals surface area contributed by atoms with Gasteiger partial charge in [-0.3, -0.25) is 0 Å². The summed E-state index contributed by atoms with van der Waals surface area (Å²) in [5.74, 6) is 0.574. The van der Waals surface area contributed by atoms with E-state index < -0.39 is 0 Å². The molecule has 2 atom stereocenters. The van der Waals surface area contributed by atoms with E-state index in [1.807, 2.05) is 0 Å². The lowest BCUT2D eigenvalue weighted by Gasteiger charge is -2.29. The van der Waals surface area contributed by atoms with Crippen molar-refractivity contribution in [3.63, 3.8) is 0 Å². The maximum atomic E-state index is 6.20. The smallest absolute Gasteiger partial charge is 0.0361 e. The van der Waals surface area contributed by atoms with Crippen molar-refractivity contribution in [2.75, 3.05) is 19.0 Å². The van der Waals surface area contributed by atoms with Crippen LogP contribution in [-0.2, 0) is 0 Å². The summed E-state index contributed by atoms with van der Waals surface area (Å²) < 4.78 is 0. The van der Waals surface area contributed by atoms with Crippen LogP contribution in [0.4, 0.5) is 5.69 Å². The number of benzene rings is 1. The second kappa shape index (κ2) is 4.88. The Balaban J connectivity index is 2.14. The third-order valence-electron chi connectivity index (χ3n) is 3.66. The van der Waals surface area contributed by atoms with E-state index in [9.17, 15) is 0 Å². The van der Waals surface area contributed by atoms with Gasteiger partial charge in [-0.05, 0) is 36.5 Å². The van der Waals surface area contributed by atoms with Crippen molar-refractivity contribution in [2.45, 2.75) is 37.6 Å². The molecular formula is C14H22N2. The fourth-order valence-electron chi connectivity index (χ4n) is 2.59. The Kier molecular flexibility index (Phi) is 3.49. The van der Waals surface area contributed by atoms with Crippen molar-refractivity contribution in [1.29, 1.82) is 0 Å². The zero-order chi connectivity index (χ0) is 11.5. The van der Waals surface area contributed by atoms with Crippen LogP contribution < -0.4 is 10.6 Å². The van der Waals surface area contributed by atoms with Gasteiger partial charge in [0.2, 0.25) is 0 Å². The van der Waals surface area contributed by atoms with E-state index in [1.54, 1.807) is 0 Å². The molecule has 1 fully saturated rings. The van der Waals surface area contributed by atoms with E-state index in [0.717, 1.165) is 0 Å². The summed E-state index contributed by atoms with van der Waals surface area (Å²) in [6, 6.07) is 9.22. The van der Waals surface area contributed by atoms with Crippen LogP contribution in [0, 0.1) is 0 Å². The van der Waals surface area contributed by atoms with Crippen molar-refractivity contribution < 1.29 is 0 Å². The van der Waals surface area contributed by atoms with E-state index in [1.165, 1.54) is 36.9 Å². The highest BCUT2D eigenvalue weighted by Crippen LogP contribution is 2.32.